The lowest BCUT2D eigenvalue weighted by molar-refractivity contribution is -0.149. The van der Waals surface area contributed by atoms with Crippen molar-refractivity contribution in [1.29, 1.82) is 0 Å². The Morgan fingerprint density at radius 1 is 1.21 bits per heavy atom. The summed E-state index contributed by atoms with van der Waals surface area (Å²) < 4.78 is 5.13. The Labute approximate surface area is 190 Å². The average Bonchev–Trinajstić information content (AvgIpc) is 2.70. The second kappa shape index (κ2) is 13.4. The van der Waals surface area contributed by atoms with Crippen molar-refractivity contribution in [3.63, 3.8) is 0 Å². The summed E-state index contributed by atoms with van der Waals surface area (Å²) in [7, 11) is 0. The van der Waals surface area contributed by atoms with Crippen molar-refractivity contribution >= 4 is 41.8 Å². The van der Waals surface area contributed by atoms with Gasteiger partial charge in [-0.25, -0.2) is 0 Å². The predicted molar refractivity (Wildman–Crippen MR) is 126 cm³/mol. The Morgan fingerprint density at radius 2 is 1.93 bits per heavy atom. The molecule has 1 saturated heterocycles. The molecular weight excluding hydrogens is 483 g/mol. The number of rotatable bonds is 7. The maximum absolute atomic E-state index is 12.2. The molecule has 2 N–H and O–H groups in total. The predicted octanol–water partition coefficient (Wildman–Crippen LogP) is 2.58. The molecule has 29 heavy (non-hydrogen) atoms. The van der Waals surface area contributed by atoms with Gasteiger partial charge in [-0.2, -0.15) is 0 Å². The number of esters is 1. The maximum Gasteiger partial charge on any atom is 0.309 e. The lowest BCUT2D eigenvalue weighted by atomic mass is 9.97. The number of likely N-dealkylation sites (tertiary alicyclic amines) is 1. The van der Waals surface area contributed by atoms with Crippen LogP contribution in [-0.2, 0) is 9.53 Å². The number of guanidine groups is 1. The number of halogens is 1. The number of nitrogens with zero attached hydrogens (tertiary/aromatic N) is 2. The van der Waals surface area contributed by atoms with E-state index in [4.69, 9.17) is 4.74 Å². The van der Waals surface area contributed by atoms with E-state index >= 15 is 0 Å². The van der Waals surface area contributed by atoms with E-state index in [2.05, 4.69) is 20.5 Å². The smallest absolute Gasteiger partial charge is 0.309 e. The largest absolute Gasteiger partial charge is 0.466 e. The molecule has 0 unspecified atom stereocenters. The molecule has 8 heteroatoms. The third-order valence-corrected chi connectivity index (χ3v) is 4.69. The first-order valence-corrected chi connectivity index (χ1v) is 10.1. The number of carbonyl (C=O) groups is 2. The molecule has 0 radical (unpaired) electrons. The number of hydrogen-bond acceptors (Lipinski definition) is 4. The normalized spacial score (nSPS) is 14.7. The quantitative estimate of drug-likeness (QED) is 0.192. The van der Waals surface area contributed by atoms with Crippen LogP contribution in [0.1, 0.15) is 42.6 Å². The second-order valence-electron chi connectivity index (χ2n) is 6.87. The minimum atomic E-state index is -0.0945. The van der Waals surface area contributed by atoms with E-state index in [1.54, 1.807) is 0 Å². The third kappa shape index (κ3) is 8.20. The summed E-state index contributed by atoms with van der Waals surface area (Å²) in [6, 6.07) is 7.53. The maximum atomic E-state index is 12.2. The van der Waals surface area contributed by atoms with E-state index in [1.165, 1.54) is 0 Å². The molecule has 2 rings (SSSR count). The van der Waals surface area contributed by atoms with Gasteiger partial charge < -0.3 is 20.3 Å². The molecule has 0 atom stereocenters. The van der Waals surface area contributed by atoms with Gasteiger partial charge in [0.15, 0.2) is 5.96 Å². The van der Waals surface area contributed by atoms with E-state index in [0.717, 1.165) is 44.0 Å². The van der Waals surface area contributed by atoms with Gasteiger partial charge in [-0.15, -0.1) is 24.0 Å². The van der Waals surface area contributed by atoms with Crippen LogP contribution in [0.4, 0.5) is 0 Å². The van der Waals surface area contributed by atoms with E-state index in [0.29, 0.717) is 25.3 Å². The molecule has 1 heterocycles. The fraction of sp³-hybridized carbons (Fsp3) is 0.571. The number of aliphatic imine (C=N–C) groups is 1. The molecule has 7 nitrogen and oxygen atoms in total. The van der Waals surface area contributed by atoms with Gasteiger partial charge in [0.1, 0.15) is 0 Å². The Hall–Kier alpha value is -1.84. The lowest BCUT2D eigenvalue weighted by Gasteiger charge is -2.33. The number of piperidine rings is 1. The van der Waals surface area contributed by atoms with Crippen LogP contribution in [0.25, 0.3) is 0 Å². The minimum Gasteiger partial charge on any atom is -0.466 e. The Balaban J connectivity index is 0.00000420. The van der Waals surface area contributed by atoms with Crippen LogP contribution in [0.2, 0.25) is 0 Å². The minimum absolute atomic E-state index is 0. The first kappa shape index (κ1) is 25.2. The van der Waals surface area contributed by atoms with E-state index < -0.39 is 0 Å². The SMILES string of the molecule is CCNC(=NCCNC(=O)c1cccc(C)c1)N1CCC(C(=O)OCC)CC1.I. The highest BCUT2D eigenvalue weighted by Crippen LogP contribution is 2.18. The molecule has 0 bridgehead atoms. The molecular formula is C21H33IN4O3. The van der Waals surface area contributed by atoms with E-state index in [-0.39, 0.29) is 41.8 Å². The van der Waals surface area contributed by atoms with E-state index in [1.807, 2.05) is 45.0 Å². The van der Waals surface area contributed by atoms with Crippen molar-refractivity contribution in [1.82, 2.24) is 15.5 Å². The molecule has 1 aromatic rings. The summed E-state index contributed by atoms with van der Waals surface area (Å²) in [5.41, 5.74) is 1.73. The van der Waals surface area contributed by atoms with Crippen LogP contribution < -0.4 is 10.6 Å². The van der Waals surface area contributed by atoms with Gasteiger partial charge in [-0.3, -0.25) is 14.6 Å². The average molecular weight is 516 g/mol. The van der Waals surface area contributed by atoms with Crippen LogP contribution in [0.15, 0.2) is 29.3 Å². The molecule has 0 spiro atoms. The highest BCUT2D eigenvalue weighted by Gasteiger charge is 2.27. The number of benzene rings is 1. The molecule has 0 aromatic heterocycles. The van der Waals surface area contributed by atoms with Crippen LogP contribution in [-0.4, -0.2) is 62.1 Å². The number of hydrogen-bond donors (Lipinski definition) is 2. The summed E-state index contributed by atoms with van der Waals surface area (Å²) >= 11 is 0. The summed E-state index contributed by atoms with van der Waals surface area (Å²) in [6.07, 6.45) is 1.54. The molecule has 1 aromatic carbocycles. The topological polar surface area (TPSA) is 83.0 Å². The fourth-order valence-corrected chi connectivity index (χ4v) is 3.23. The Kier molecular flexibility index (Phi) is 11.6. The summed E-state index contributed by atoms with van der Waals surface area (Å²) in [6.45, 7) is 9.54. The molecule has 1 fully saturated rings. The molecule has 1 aliphatic rings. The highest BCUT2D eigenvalue weighted by atomic mass is 127. The summed E-state index contributed by atoms with van der Waals surface area (Å²) in [4.78, 5) is 30.9. The van der Waals surface area contributed by atoms with Gasteiger partial charge in [-0.05, 0) is 45.7 Å². The molecule has 0 saturated carbocycles. The van der Waals surface area contributed by atoms with Gasteiger partial charge in [0.25, 0.3) is 5.91 Å². The third-order valence-electron chi connectivity index (χ3n) is 4.69. The van der Waals surface area contributed by atoms with Crippen LogP contribution in [0.5, 0.6) is 0 Å². The van der Waals surface area contributed by atoms with Crippen LogP contribution in [0, 0.1) is 12.8 Å². The van der Waals surface area contributed by atoms with Crippen LogP contribution in [0.3, 0.4) is 0 Å². The van der Waals surface area contributed by atoms with Crippen molar-refractivity contribution in [2.45, 2.75) is 33.6 Å². The standard InChI is InChI=1S/C21H32N4O3.HI/c1-4-22-21(25-13-9-17(10-14-25)20(27)28-5-2)24-12-11-23-19(26)18-8-6-7-16(3)15-18;/h6-8,15,17H,4-5,9-14H2,1-3H3,(H,22,24)(H,23,26);1H. The van der Waals surface area contributed by atoms with Gasteiger partial charge in [0.2, 0.25) is 0 Å². The monoisotopic (exact) mass is 516 g/mol. The molecule has 1 amide bonds. The van der Waals surface area contributed by atoms with Crippen molar-refractivity contribution < 1.29 is 14.3 Å². The van der Waals surface area contributed by atoms with Gasteiger partial charge in [-0.1, -0.05) is 17.7 Å². The first-order chi connectivity index (χ1) is 13.5. The summed E-state index contributed by atoms with van der Waals surface area (Å²) in [5.74, 6) is 0.629. The molecule has 162 valence electrons. The first-order valence-electron chi connectivity index (χ1n) is 10.1. The van der Waals surface area contributed by atoms with Gasteiger partial charge in [0, 0.05) is 31.7 Å². The van der Waals surface area contributed by atoms with Gasteiger partial charge >= 0.3 is 5.97 Å². The van der Waals surface area contributed by atoms with Crippen molar-refractivity contribution in [2.24, 2.45) is 10.9 Å². The van der Waals surface area contributed by atoms with Crippen molar-refractivity contribution in [2.75, 3.05) is 39.3 Å². The zero-order valence-electron chi connectivity index (χ0n) is 17.6. The molecule has 1 aliphatic heterocycles. The zero-order valence-corrected chi connectivity index (χ0v) is 19.9. The number of nitrogens with one attached hydrogen (secondary N) is 2. The number of amides is 1. The molecule has 0 aliphatic carbocycles. The number of aryl methyl sites for hydroxylation is 1. The number of carbonyl (C=O) groups excluding carboxylic acids is 2. The highest BCUT2D eigenvalue weighted by molar-refractivity contribution is 14.0. The number of ether oxygens (including phenoxy) is 1. The van der Waals surface area contributed by atoms with Gasteiger partial charge in [0.05, 0.1) is 19.1 Å². The van der Waals surface area contributed by atoms with Crippen LogP contribution >= 0.6 is 24.0 Å². The zero-order chi connectivity index (χ0) is 20.4. The van der Waals surface area contributed by atoms with E-state index in [9.17, 15) is 9.59 Å². The lowest BCUT2D eigenvalue weighted by Crippen LogP contribution is -2.47. The fourth-order valence-electron chi connectivity index (χ4n) is 3.23. The second-order valence-corrected chi connectivity index (χ2v) is 6.87. The Bertz CT molecular complexity index is 688. The van der Waals surface area contributed by atoms with Crippen molar-refractivity contribution in [3.05, 3.63) is 35.4 Å². The summed E-state index contributed by atoms with van der Waals surface area (Å²) in [5, 5.41) is 6.20. The van der Waals surface area contributed by atoms with Crippen molar-refractivity contribution in [3.8, 4) is 0 Å². The Morgan fingerprint density at radius 3 is 2.55 bits per heavy atom.